The Hall–Kier alpha value is -2.04. The molecule has 5 nitrogen and oxygen atoms in total. The third-order valence-corrected chi connectivity index (χ3v) is 3.35. The number of hydrogen-bond donors (Lipinski definition) is 2. The summed E-state index contributed by atoms with van der Waals surface area (Å²) in [6.45, 7) is 0.620. The van der Waals surface area contributed by atoms with Crippen molar-refractivity contribution in [2.45, 2.75) is 32.1 Å². The summed E-state index contributed by atoms with van der Waals surface area (Å²) in [5.74, 6) is -0.470. The molecule has 0 spiro atoms. The Morgan fingerprint density at radius 2 is 2.15 bits per heavy atom. The predicted molar refractivity (Wildman–Crippen MR) is 75.2 cm³/mol. The van der Waals surface area contributed by atoms with Crippen molar-refractivity contribution < 1.29 is 14.0 Å². The fourth-order valence-electron chi connectivity index (χ4n) is 2.21. The summed E-state index contributed by atoms with van der Waals surface area (Å²) < 4.78 is 4.81. The van der Waals surface area contributed by atoms with Crippen molar-refractivity contribution in [1.82, 2.24) is 10.6 Å². The molecular formula is C15H20N2O3. The zero-order chi connectivity index (χ0) is 14.2. The average molecular weight is 276 g/mol. The Balaban J connectivity index is 1.60. The van der Waals surface area contributed by atoms with Crippen LogP contribution in [0.15, 0.2) is 34.7 Å². The minimum atomic E-state index is -0.302. The molecule has 0 aromatic carbocycles. The van der Waals surface area contributed by atoms with Gasteiger partial charge in [0.25, 0.3) is 5.91 Å². The zero-order valence-electron chi connectivity index (χ0n) is 11.5. The van der Waals surface area contributed by atoms with E-state index >= 15 is 0 Å². The van der Waals surface area contributed by atoms with Crippen LogP contribution < -0.4 is 10.6 Å². The minimum absolute atomic E-state index is 0.0109. The lowest BCUT2D eigenvalue weighted by Crippen LogP contribution is -2.37. The lowest BCUT2D eigenvalue weighted by atomic mass is 9.97. The molecular weight excluding hydrogens is 256 g/mol. The summed E-state index contributed by atoms with van der Waals surface area (Å²) in [4.78, 5) is 23.2. The quantitative estimate of drug-likeness (QED) is 0.781. The number of nitrogens with one attached hydrogen (secondary N) is 2. The van der Waals surface area contributed by atoms with Crippen molar-refractivity contribution in [3.8, 4) is 0 Å². The predicted octanol–water partition coefficient (Wildman–Crippen LogP) is 2.02. The monoisotopic (exact) mass is 276 g/mol. The van der Waals surface area contributed by atoms with Crippen LogP contribution in [0.1, 0.15) is 42.5 Å². The first-order chi connectivity index (χ1) is 9.75. The Bertz CT molecular complexity index is 477. The van der Waals surface area contributed by atoms with Crippen LogP contribution in [0.25, 0.3) is 0 Å². The Morgan fingerprint density at radius 3 is 2.85 bits per heavy atom. The van der Waals surface area contributed by atoms with Crippen molar-refractivity contribution in [2.24, 2.45) is 0 Å². The number of allylic oxidation sites excluding steroid dienone is 1. The molecule has 1 aliphatic rings. The van der Waals surface area contributed by atoms with Gasteiger partial charge in [0.1, 0.15) is 6.26 Å². The van der Waals surface area contributed by atoms with Gasteiger partial charge in [0.2, 0.25) is 5.91 Å². The second-order valence-corrected chi connectivity index (χ2v) is 4.90. The molecule has 0 radical (unpaired) electrons. The van der Waals surface area contributed by atoms with Gasteiger partial charge >= 0.3 is 0 Å². The Labute approximate surface area is 118 Å². The summed E-state index contributed by atoms with van der Waals surface area (Å²) >= 11 is 0. The van der Waals surface area contributed by atoms with Gasteiger partial charge in [-0.25, -0.2) is 0 Å². The molecule has 0 unspecified atom stereocenters. The highest BCUT2D eigenvalue weighted by Crippen LogP contribution is 2.19. The molecule has 108 valence electrons. The summed E-state index contributed by atoms with van der Waals surface area (Å²) in [5.41, 5.74) is 1.85. The first-order valence-corrected chi connectivity index (χ1v) is 7.01. The van der Waals surface area contributed by atoms with Crippen molar-refractivity contribution >= 4 is 11.8 Å². The molecule has 0 aliphatic heterocycles. The summed E-state index contributed by atoms with van der Waals surface area (Å²) in [6.07, 6.45) is 10.8. The molecule has 20 heavy (non-hydrogen) atoms. The first kappa shape index (κ1) is 14.4. The summed E-state index contributed by atoms with van der Waals surface area (Å²) in [6, 6.07) is 1.56. The van der Waals surface area contributed by atoms with Crippen LogP contribution in [0.3, 0.4) is 0 Å². The van der Waals surface area contributed by atoms with Crippen LogP contribution in [0.4, 0.5) is 0 Å². The van der Waals surface area contributed by atoms with E-state index in [1.165, 1.54) is 30.9 Å². The van der Waals surface area contributed by atoms with Gasteiger partial charge in [0, 0.05) is 6.54 Å². The van der Waals surface area contributed by atoms with Gasteiger partial charge in [-0.1, -0.05) is 11.6 Å². The van der Waals surface area contributed by atoms with E-state index in [4.69, 9.17) is 4.42 Å². The third kappa shape index (κ3) is 4.57. The fourth-order valence-corrected chi connectivity index (χ4v) is 2.21. The standard InChI is InChI=1S/C15H20N2O3/c18-14(10-17-15(19)13-7-9-20-11-13)16-8-6-12-4-2-1-3-5-12/h4,7,9,11H,1-3,5-6,8,10H2,(H,16,18)(H,17,19). The molecule has 1 aliphatic carbocycles. The molecule has 1 heterocycles. The van der Waals surface area contributed by atoms with E-state index in [-0.39, 0.29) is 18.4 Å². The molecule has 2 N–H and O–H groups in total. The minimum Gasteiger partial charge on any atom is -0.472 e. The van der Waals surface area contributed by atoms with Crippen LogP contribution >= 0.6 is 0 Å². The number of hydrogen-bond acceptors (Lipinski definition) is 3. The van der Waals surface area contributed by atoms with E-state index in [1.54, 1.807) is 6.07 Å². The summed E-state index contributed by atoms with van der Waals surface area (Å²) in [5, 5.41) is 5.36. The van der Waals surface area contributed by atoms with Crippen molar-refractivity contribution in [3.63, 3.8) is 0 Å². The average Bonchev–Trinajstić information content (AvgIpc) is 3.00. The zero-order valence-corrected chi connectivity index (χ0v) is 11.5. The second-order valence-electron chi connectivity index (χ2n) is 4.90. The topological polar surface area (TPSA) is 71.3 Å². The van der Waals surface area contributed by atoms with Gasteiger partial charge in [-0.3, -0.25) is 9.59 Å². The number of furan rings is 1. The lowest BCUT2D eigenvalue weighted by molar-refractivity contribution is -0.120. The maximum absolute atomic E-state index is 11.6. The van der Waals surface area contributed by atoms with Crippen molar-refractivity contribution in [3.05, 3.63) is 35.8 Å². The number of amides is 2. The Morgan fingerprint density at radius 1 is 1.25 bits per heavy atom. The molecule has 0 saturated carbocycles. The fraction of sp³-hybridized carbons (Fsp3) is 0.467. The number of carbonyl (C=O) groups excluding carboxylic acids is 2. The lowest BCUT2D eigenvalue weighted by Gasteiger charge is -2.13. The molecule has 0 atom stereocenters. The van der Waals surface area contributed by atoms with E-state index in [2.05, 4.69) is 16.7 Å². The largest absolute Gasteiger partial charge is 0.472 e. The molecule has 0 saturated heterocycles. The van der Waals surface area contributed by atoms with Gasteiger partial charge in [0.05, 0.1) is 18.4 Å². The highest BCUT2D eigenvalue weighted by molar-refractivity contribution is 5.96. The second kappa shape index (κ2) is 7.53. The molecule has 5 heteroatoms. The maximum atomic E-state index is 11.6. The van der Waals surface area contributed by atoms with Crippen LogP contribution in [0.2, 0.25) is 0 Å². The van der Waals surface area contributed by atoms with Crippen molar-refractivity contribution in [1.29, 1.82) is 0 Å². The first-order valence-electron chi connectivity index (χ1n) is 7.01. The highest BCUT2D eigenvalue weighted by atomic mass is 16.3. The molecule has 2 rings (SSSR count). The molecule has 0 bridgehead atoms. The Kier molecular flexibility index (Phi) is 5.41. The van der Waals surface area contributed by atoms with Gasteiger partial charge in [-0.15, -0.1) is 0 Å². The van der Waals surface area contributed by atoms with Gasteiger partial charge < -0.3 is 15.1 Å². The van der Waals surface area contributed by atoms with E-state index < -0.39 is 0 Å². The van der Waals surface area contributed by atoms with E-state index in [0.717, 1.165) is 19.3 Å². The van der Waals surface area contributed by atoms with Crippen LogP contribution in [0.5, 0.6) is 0 Å². The van der Waals surface area contributed by atoms with Gasteiger partial charge in [0.15, 0.2) is 0 Å². The molecule has 2 amide bonds. The molecule has 0 fully saturated rings. The number of rotatable bonds is 6. The van der Waals surface area contributed by atoms with Crippen LogP contribution in [-0.2, 0) is 4.79 Å². The van der Waals surface area contributed by atoms with Gasteiger partial charge in [-0.05, 0) is 38.2 Å². The highest BCUT2D eigenvalue weighted by Gasteiger charge is 2.09. The van der Waals surface area contributed by atoms with Crippen LogP contribution in [-0.4, -0.2) is 24.9 Å². The molecule has 1 aromatic rings. The maximum Gasteiger partial charge on any atom is 0.254 e. The van der Waals surface area contributed by atoms with E-state index in [0.29, 0.717) is 12.1 Å². The van der Waals surface area contributed by atoms with E-state index in [1.807, 2.05) is 0 Å². The molecule has 1 aromatic heterocycles. The number of carbonyl (C=O) groups is 2. The summed E-state index contributed by atoms with van der Waals surface area (Å²) in [7, 11) is 0. The third-order valence-electron chi connectivity index (χ3n) is 3.35. The normalized spacial score (nSPS) is 14.5. The van der Waals surface area contributed by atoms with Gasteiger partial charge in [-0.2, -0.15) is 0 Å². The SMILES string of the molecule is O=C(CNC(=O)c1ccoc1)NCCC1=CCCCC1. The van der Waals surface area contributed by atoms with Crippen molar-refractivity contribution in [2.75, 3.05) is 13.1 Å². The van der Waals surface area contributed by atoms with Crippen LogP contribution in [0, 0.1) is 0 Å². The smallest absolute Gasteiger partial charge is 0.254 e. The van der Waals surface area contributed by atoms with E-state index in [9.17, 15) is 9.59 Å².